The Hall–Kier alpha value is -4.10. The number of nitrogens with one attached hydrogen (secondary N) is 3. The lowest BCUT2D eigenvalue weighted by atomic mass is 9.99. The normalized spacial score (nSPS) is 14.8. The minimum absolute atomic E-state index is 0.188. The summed E-state index contributed by atoms with van der Waals surface area (Å²) in [6.07, 6.45) is -0.737. The van der Waals surface area contributed by atoms with Gasteiger partial charge in [0.2, 0.25) is 0 Å². The molecular weight excluding hydrogens is 570 g/mol. The molecule has 0 radical (unpaired) electrons. The maximum absolute atomic E-state index is 14.0. The van der Waals surface area contributed by atoms with Gasteiger partial charge in [0.05, 0.1) is 30.3 Å². The highest BCUT2D eigenvalue weighted by molar-refractivity contribution is 6.11. The van der Waals surface area contributed by atoms with Gasteiger partial charge >= 0.3 is 0 Å². The van der Waals surface area contributed by atoms with Crippen LogP contribution in [0.2, 0.25) is 0 Å². The summed E-state index contributed by atoms with van der Waals surface area (Å²) in [6.45, 7) is 4.44. The molecule has 3 aromatic carbocycles. The number of methoxy groups -OCH3 is 3. The van der Waals surface area contributed by atoms with Crippen LogP contribution in [0.4, 0.5) is 26.0 Å². The number of carbonyl (C=O) groups is 1. The highest BCUT2D eigenvalue weighted by atomic mass is 19.1. The van der Waals surface area contributed by atoms with Crippen LogP contribution in [0, 0.1) is 11.6 Å². The number of ether oxygens (including phenoxy) is 3. The maximum atomic E-state index is 14.0. The van der Waals surface area contributed by atoms with Crippen LogP contribution in [0.1, 0.15) is 27.6 Å². The minimum Gasteiger partial charge on any atom is -0.382 e. The molecule has 10 nitrogen and oxygen atoms in total. The first-order chi connectivity index (χ1) is 21.3. The molecule has 12 heteroatoms. The first-order valence-corrected chi connectivity index (χ1v) is 14.4. The molecular formula is C32H38F2N6O4. The van der Waals surface area contributed by atoms with Crippen LogP contribution in [0.25, 0.3) is 10.9 Å². The summed E-state index contributed by atoms with van der Waals surface area (Å²) in [5.41, 5.74) is 3.73. The second kappa shape index (κ2) is 14.1. The van der Waals surface area contributed by atoms with Gasteiger partial charge in [0.25, 0.3) is 5.91 Å². The van der Waals surface area contributed by atoms with Gasteiger partial charge in [-0.2, -0.15) is 5.10 Å². The lowest BCUT2D eigenvalue weighted by Crippen LogP contribution is -2.44. The van der Waals surface area contributed by atoms with E-state index in [1.165, 1.54) is 19.2 Å². The number of likely N-dealkylation sites (N-methyl/N-ethyl adjacent to an activating group) is 1. The first-order valence-electron chi connectivity index (χ1n) is 14.4. The van der Waals surface area contributed by atoms with Crippen LogP contribution in [-0.2, 0) is 14.2 Å². The molecule has 44 heavy (non-hydrogen) atoms. The van der Waals surface area contributed by atoms with Crippen molar-refractivity contribution in [2.24, 2.45) is 0 Å². The molecule has 5 rings (SSSR count). The molecule has 1 aromatic heterocycles. The monoisotopic (exact) mass is 608 g/mol. The number of halogens is 2. The van der Waals surface area contributed by atoms with Crippen molar-refractivity contribution in [1.29, 1.82) is 0 Å². The molecule has 4 aromatic rings. The van der Waals surface area contributed by atoms with Crippen LogP contribution in [-0.4, -0.2) is 94.8 Å². The third-order valence-electron chi connectivity index (χ3n) is 7.76. The van der Waals surface area contributed by atoms with Gasteiger partial charge in [-0.15, -0.1) is 0 Å². The van der Waals surface area contributed by atoms with Crippen LogP contribution in [0.5, 0.6) is 0 Å². The van der Waals surface area contributed by atoms with Crippen molar-refractivity contribution in [3.05, 3.63) is 82.9 Å². The predicted molar refractivity (Wildman–Crippen MR) is 167 cm³/mol. The molecule has 1 amide bonds. The number of nitrogens with zero attached hydrogens (tertiary/aromatic N) is 3. The van der Waals surface area contributed by atoms with Crippen LogP contribution >= 0.6 is 0 Å². The van der Waals surface area contributed by atoms with E-state index in [0.717, 1.165) is 37.9 Å². The van der Waals surface area contributed by atoms with Crippen molar-refractivity contribution < 1.29 is 27.8 Å². The molecule has 234 valence electrons. The zero-order valence-electron chi connectivity index (χ0n) is 25.3. The molecule has 1 unspecified atom stereocenters. The van der Waals surface area contributed by atoms with Gasteiger partial charge in [-0.3, -0.25) is 9.89 Å². The fraction of sp³-hybridized carbons (Fsp3) is 0.375. The molecule has 0 saturated carbocycles. The van der Waals surface area contributed by atoms with Gasteiger partial charge in [0.1, 0.15) is 17.7 Å². The number of piperazine rings is 1. The molecule has 1 atom stereocenters. The Balaban J connectivity index is 1.45. The molecule has 2 heterocycles. The van der Waals surface area contributed by atoms with E-state index in [4.69, 9.17) is 14.2 Å². The Kier molecular flexibility index (Phi) is 10.1. The summed E-state index contributed by atoms with van der Waals surface area (Å²) >= 11 is 0. The smallest absolute Gasteiger partial charge is 0.258 e. The number of hydrogen-bond donors (Lipinski definition) is 3. The number of aromatic amines is 1. The van der Waals surface area contributed by atoms with E-state index in [0.29, 0.717) is 52.3 Å². The fourth-order valence-electron chi connectivity index (χ4n) is 5.52. The van der Waals surface area contributed by atoms with Crippen molar-refractivity contribution >= 4 is 34.0 Å². The summed E-state index contributed by atoms with van der Waals surface area (Å²) in [5, 5.41) is 14.3. The third kappa shape index (κ3) is 7.16. The zero-order valence-corrected chi connectivity index (χ0v) is 25.3. The van der Waals surface area contributed by atoms with Crippen molar-refractivity contribution in [3.63, 3.8) is 0 Å². The van der Waals surface area contributed by atoms with Crippen LogP contribution in [0.3, 0.4) is 0 Å². The van der Waals surface area contributed by atoms with Crippen LogP contribution in [0.15, 0.2) is 54.6 Å². The van der Waals surface area contributed by atoms with E-state index in [2.05, 4.69) is 37.7 Å². The van der Waals surface area contributed by atoms with E-state index in [1.54, 1.807) is 32.4 Å². The second-order valence-electron chi connectivity index (χ2n) is 10.9. The highest BCUT2D eigenvalue weighted by Gasteiger charge is 2.22. The number of rotatable bonds is 12. The number of aromatic nitrogens is 2. The Morgan fingerprint density at radius 2 is 1.64 bits per heavy atom. The van der Waals surface area contributed by atoms with E-state index in [9.17, 15) is 13.6 Å². The van der Waals surface area contributed by atoms with Gasteiger partial charge in [-0.05, 0) is 60.6 Å². The lowest BCUT2D eigenvalue weighted by molar-refractivity contribution is 0.102. The number of hydrogen-bond acceptors (Lipinski definition) is 8. The molecule has 1 aliphatic rings. The second-order valence-corrected chi connectivity index (χ2v) is 10.9. The Labute approximate surface area is 255 Å². The highest BCUT2D eigenvalue weighted by Crippen LogP contribution is 2.32. The van der Waals surface area contributed by atoms with Crippen molar-refractivity contribution in [3.8, 4) is 0 Å². The molecule has 1 saturated heterocycles. The van der Waals surface area contributed by atoms with E-state index in [-0.39, 0.29) is 11.9 Å². The standard InChI is InChI=1S/C32H38F2N6O4/c1-39-9-11-40(12-10-39)25-6-7-26(29(17-25)35-24(18-42-2)19-43-3)32(41)36-31-27-15-20(5-8-28(27)37-38-31)30(44-4)21-13-22(33)16-23(34)14-21/h5-8,13-17,24,30,35H,9-12,18-19H2,1-4H3,(H2,36,37,38,41). The van der Waals surface area contributed by atoms with Gasteiger partial charge < -0.3 is 34.6 Å². The topological polar surface area (TPSA) is 104 Å². The Bertz CT molecular complexity index is 1560. The minimum atomic E-state index is -0.737. The molecule has 0 aliphatic carbocycles. The summed E-state index contributed by atoms with van der Waals surface area (Å²) in [7, 11) is 6.82. The number of benzene rings is 3. The number of carbonyl (C=O) groups excluding carboxylic acids is 1. The SMILES string of the molecule is COCC(COC)Nc1cc(N2CCN(C)CC2)ccc1C(=O)Nc1n[nH]c2ccc(C(OC)c3cc(F)cc(F)c3)cc12. The summed E-state index contributed by atoms with van der Waals surface area (Å²) in [5.74, 6) is -1.44. The Morgan fingerprint density at radius 3 is 2.30 bits per heavy atom. The van der Waals surface area contributed by atoms with E-state index < -0.39 is 17.7 Å². The summed E-state index contributed by atoms with van der Waals surface area (Å²) in [6, 6.07) is 14.2. The predicted octanol–water partition coefficient (Wildman–Crippen LogP) is 4.65. The zero-order chi connectivity index (χ0) is 31.2. The summed E-state index contributed by atoms with van der Waals surface area (Å²) in [4.78, 5) is 18.4. The first kappa shape index (κ1) is 31.3. The van der Waals surface area contributed by atoms with Gasteiger partial charge in [-0.25, -0.2) is 8.78 Å². The fourth-order valence-corrected chi connectivity index (χ4v) is 5.52. The number of amides is 1. The van der Waals surface area contributed by atoms with Gasteiger partial charge in [0, 0.05) is 70.3 Å². The third-order valence-corrected chi connectivity index (χ3v) is 7.76. The molecule has 1 aliphatic heterocycles. The van der Waals surface area contributed by atoms with E-state index >= 15 is 0 Å². The maximum Gasteiger partial charge on any atom is 0.258 e. The molecule has 3 N–H and O–H groups in total. The Morgan fingerprint density at radius 1 is 0.932 bits per heavy atom. The molecule has 1 fully saturated rings. The molecule has 0 bridgehead atoms. The van der Waals surface area contributed by atoms with Crippen molar-refractivity contribution in [1.82, 2.24) is 15.1 Å². The van der Waals surface area contributed by atoms with E-state index in [1.807, 2.05) is 18.2 Å². The molecule has 0 spiro atoms. The number of fused-ring (bicyclic) bond motifs is 1. The van der Waals surface area contributed by atoms with Gasteiger partial charge in [-0.1, -0.05) is 6.07 Å². The largest absolute Gasteiger partial charge is 0.382 e. The average molecular weight is 609 g/mol. The van der Waals surface area contributed by atoms with Crippen molar-refractivity contribution in [2.45, 2.75) is 12.1 Å². The number of H-pyrrole nitrogens is 1. The number of anilines is 3. The summed E-state index contributed by atoms with van der Waals surface area (Å²) < 4.78 is 44.3. The van der Waals surface area contributed by atoms with Crippen LogP contribution < -0.4 is 15.5 Å². The lowest BCUT2D eigenvalue weighted by Gasteiger charge is -2.34. The van der Waals surface area contributed by atoms with Crippen molar-refractivity contribution in [2.75, 3.05) is 83.3 Å². The average Bonchev–Trinajstić information content (AvgIpc) is 3.39. The quantitative estimate of drug-likeness (QED) is 0.214. The van der Waals surface area contributed by atoms with Gasteiger partial charge in [0.15, 0.2) is 5.82 Å².